The molecule has 2 rings (SSSR count). The third-order valence-corrected chi connectivity index (χ3v) is 3.80. The van der Waals surface area contributed by atoms with Crippen molar-refractivity contribution in [1.29, 1.82) is 0 Å². The van der Waals surface area contributed by atoms with E-state index >= 15 is 0 Å². The molecule has 8 heteroatoms. The predicted octanol–water partition coefficient (Wildman–Crippen LogP) is 2.24. The second-order valence-electron chi connectivity index (χ2n) is 4.92. The van der Waals surface area contributed by atoms with Crippen LogP contribution in [0.1, 0.15) is 12.0 Å². The zero-order chi connectivity index (χ0) is 14.7. The Morgan fingerprint density at radius 3 is 2.86 bits per heavy atom. The molecule has 0 spiro atoms. The lowest BCUT2D eigenvalue weighted by molar-refractivity contribution is -0.384. The van der Waals surface area contributed by atoms with Gasteiger partial charge in [-0.15, -0.1) is 12.4 Å². The molecule has 1 atom stereocenters. The summed E-state index contributed by atoms with van der Waals surface area (Å²) < 4.78 is 0. The van der Waals surface area contributed by atoms with Crippen molar-refractivity contribution >= 4 is 35.6 Å². The van der Waals surface area contributed by atoms with E-state index in [0.29, 0.717) is 17.1 Å². The van der Waals surface area contributed by atoms with E-state index in [0.717, 1.165) is 13.0 Å². The Morgan fingerprint density at radius 1 is 1.57 bits per heavy atom. The first kappa shape index (κ1) is 17.7. The lowest BCUT2D eigenvalue weighted by Crippen LogP contribution is -2.33. The number of carbonyl (C=O) groups excluding carboxylic acids is 1. The predicted molar refractivity (Wildman–Crippen MR) is 82.8 cm³/mol. The van der Waals surface area contributed by atoms with Crippen molar-refractivity contribution in [2.75, 3.05) is 20.1 Å². The fraction of sp³-hybridized carbons (Fsp3) is 0.462. The molecule has 1 aliphatic rings. The second-order valence-corrected chi connectivity index (χ2v) is 5.32. The Morgan fingerprint density at radius 2 is 2.29 bits per heavy atom. The number of halogens is 2. The summed E-state index contributed by atoms with van der Waals surface area (Å²) in [5, 5.41) is 14.3. The fourth-order valence-electron chi connectivity index (χ4n) is 2.31. The van der Waals surface area contributed by atoms with Crippen molar-refractivity contribution in [2.24, 2.45) is 5.92 Å². The van der Waals surface area contributed by atoms with Gasteiger partial charge in [-0.2, -0.15) is 0 Å². The first-order valence-electron chi connectivity index (χ1n) is 6.37. The number of nitro benzene ring substituents is 1. The molecule has 21 heavy (non-hydrogen) atoms. The molecule has 1 heterocycles. The number of nitro groups is 1. The largest absolute Gasteiger partial charge is 0.341 e. The van der Waals surface area contributed by atoms with Gasteiger partial charge in [-0.3, -0.25) is 14.9 Å². The van der Waals surface area contributed by atoms with Crippen molar-refractivity contribution in [1.82, 2.24) is 10.2 Å². The SMILES string of the molecule is CN(Cc1cc([N+](=O)[O-])ccc1Cl)C(=O)C1CCNC1.Cl. The molecule has 1 aromatic carbocycles. The van der Waals surface area contributed by atoms with Gasteiger partial charge in [-0.25, -0.2) is 0 Å². The lowest BCUT2D eigenvalue weighted by Gasteiger charge is -2.21. The molecule has 0 aromatic heterocycles. The Bertz CT molecular complexity index is 533. The zero-order valence-electron chi connectivity index (χ0n) is 11.5. The third-order valence-electron chi connectivity index (χ3n) is 3.43. The number of hydrogen-bond donors (Lipinski definition) is 1. The molecule has 116 valence electrons. The van der Waals surface area contributed by atoms with E-state index < -0.39 is 4.92 Å². The van der Waals surface area contributed by atoms with Crippen molar-refractivity contribution in [3.05, 3.63) is 38.9 Å². The number of amides is 1. The fourth-order valence-corrected chi connectivity index (χ4v) is 2.48. The summed E-state index contributed by atoms with van der Waals surface area (Å²) in [4.78, 5) is 24.1. The Labute approximate surface area is 134 Å². The summed E-state index contributed by atoms with van der Waals surface area (Å²) in [7, 11) is 1.69. The van der Waals surface area contributed by atoms with Crippen LogP contribution in [0.25, 0.3) is 0 Å². The van der Waals surface area contributed by atoms with E-state index in [1.54, 1.807) is 11.9 Å². The number of non-ortho nitro benzene ring substituents is 1. The first-order valence-corrected chi connectivity index (χ1v) is 6.75. The van der Waals surface area contributed by atoms with E-state index in [1.165, 1.54) is 18.2 Å². The van der Waals surface area contributed by atoms with Crippen LogP contribution in [0.15, 0.2) is 18.2 Å². The van der Waals surface area contributed by atoms with E-state index in [2.05, 4.69) is 5.32 Å². The normalized spacial score (nSPS) is 17.1. The summed E-state index contributed by atoms with van der Waals surface area (Å²) >= 11 is 6.04. The number of nitrogens with one attached hydrogen (secondary N) is 1. The van der Waals surface area contributed by atoms with Crippen LogP contribution < -0.4 is 5.32 Å². The van der Waals surface area contributed by atoms with Gasteiger partial charge >= 0.3 is 0 Å². The number of benzene rings is 1. The molecular formula is C13H17Cl2N3O3. The number of nitrogens with zero attached hydrogens (tertiary/aromatic N) is 2. The quantitative estimate of drug-likeness (QED) is 0.677. The standard InChI is InChI=1S/C13H16ClN3O3.ClH/c1-16(13(18)9-4-5-15-7-9)8-10-6-11(17(19)20)2-3-12(10)14;/h2-3,6,9,15H,4-5,7-8H2,1H3;1H. The molecule has 0 saturated carbocycles. The Kier molecular flexibility index (Phi) is 6.39. The smallest absolute Gasteiger partial charge is 0.269 e. The van der Waals surface area contributed by atoms with Crippen LogP contribution in [-0.4, -0.2) is 35.9 Å². The number of hydrogen-bond acceptors (Lipinski definition) is 4. The average molecular weight is 334 g/mol. The highest BCUT2D eigenvalue weighted by Crippen LogP contribution is 2.24. The van der Waals surface area contributed by atoms with Gasteiger partial charge in [0.15, 0.2) is 0 Å². The van der Waals surface area contributed by atoms with Crippen LogP contribution in [0.4, 0.5) is 5.69 Å². The van der Waals surface area contributed by atoms with Crippen LogP contribution >= 0.6 is 24.0 Å². The van der Waals surface area contributed by atoms with Gasteiger partial charge < -0.3 is 10.2 Å². The van der Waals surface area contributed by atoms with Gasteiger partial charge in [-0.05, 0) is 24.6 Å². The van der Waals surface area contributed by atoms with Gasteiger partial charge in [-0.1, -0.05) is 11.6 Å². The summed E-state index contributed by atoms with van der Waals surface area (Å²) in [5.74, 6) is 0.0232. The zero-order valence-corrected chi connectivity index (χ0v) is 13.1. The Hall–Kier alpha value is -1.37. The molecule has 1 amide bonds. The van der Waals surface area contributed by atoms with Crippen molar-refractivity contribution in [3.63, 3.8) is 0 Å². The third kappa shape index (κ3) is 4.30. The van der Waals surface area contributed by atoms with Crippen LogP contribution in [0.5, 0.6) is 0 Å². The minimum atomic E-state index is -0.470. The highest BCUT2D eigenvalue weighted by Gasteiger charge is 2.25. The minimum Gasteiger partial charge on any atom is -0.341 e. The number of carbonyl (C=O) groups is 1. The van der Waals surface area contributed by atoms with Gasteiger partial charge in [0.05, 0.1) is 10.8 Å². The minimum absolute atomic E-state index is 0. The molecule has 1 N–H and O–H groups in total. The lowest BCUT2D eigenvalue weighted by atomic mass is 10.1. The highest BCUT2D eigenvalue weighted by atomic mass is 35.5. The summed E-state index contributed by atoms with van der Waals surface area (Å²) in [6, 6.07) is 4.26. The maximum atomic E-state index is 12.2. The number of rotatable bonds is 4. The monoisotopic (exact) mass is 333 g/mol. The topological polar surface area (TPSA) is 75.5 Å². The van der Waals surface area contributed by atoms with Crippen LogP contribution in [0.3, 0.4) is 0 Å². The summed E-state index contributed by atoms with van der Waals surface area (Å²) in [6.07, 6.45) is 0.825. The van der Waals surface area contributed by atoms with E-state index in [4.69, 9.17) is 11.6 Å². The Balaban J connectivity index is 0.00000220. The second kappa shape index (κ2) is 7.59. The maximum Gasteiger partial charge on any atom is 0.269 e. The van der Waals surface area contributed by atoms with Gasteiger partial charge in [0.2, 0.25) is 5.91 Å². The van der Waals surface area contributed by atoms with Crippen LogP contribution in [0, 0.1) is 16.0 Å². The molecule has 1 fully saturated rings. The molecule has 6 nitrogen and oxygen atoms in total. The molecule has 1 aliphatic heterocycles. The molecular weight excluding hydrogens is 317 g/mol. The highest BCUT2D eigenvalue weighted by molar-refractivity contribution is 6.31. The molecule has 1 unspecified atom stereocenters. The van der Waals surface area contributed by atoms with Gasteiger partial charge in [0.25, 0.3) is 5.69 Å². The van der Waals surface area contributed by atoms with Gasteiger partial charge in [0, 0.05) is 37.3 Å². The first-order chi connectivity index (χ1) is 9.49. The molecule has 1 saturated heterocycles. The molecule has 0 bridgehead atoms. The van der Waals surface area contributed by atoms with E-state index in [9.17, 15) is 14.9 Å². The van der Waals surface area contributed by atoms with E-state index in [-0.39, 0.29) is 36.5 Å². The van der Waals surface area contributed by atoms with Crippen molar-refractivity contribution in [2.45, 2.75) is 13.0 Å². The molecule has 1 aromatic rings. The average Bonchev–Trinajstić information content (AvgIpc) is 2.94. The molecule has 0 radical (unpaired) electrons. The molecule has 0 aliphatic carbocycles. The summed E-state index contributed by atoms with van der Waals surface area (Å²) in [6.45, 7) is 1.81. The van der Waals surface area contributed by atoms with E-state index in [1.807, 2.05) is 0 Å². The van der Waals surface area contributed by atoms with Gasteiger partial charge in [0.1, 0.15) is 0 Å². The van der Waals surface area contributed by atoms with Crippen molar-refractivity contribution < 1.29 is 9.72 Å². The maximum absolute atomic E-state index is 12.2. The van der Waals surface area contributed by atoms with Crippen LogP contribution in [-0.2, 0) is 11.3 Å². The van der Waals surface area contributed by atoms with Crippen LogP contribution in [0.2, 0.25) is 5.02 Å². The van der Waals surface area contributed by atoms with Crippen molar-refractivity contribution in [3.8, 4) is 0 Å². The summed E-state index contributed by atoms with van der Waals surface area (Å²) in [5.41, 5.74) is 0.565.